The van der Waals surface area contributed by atoms with E-state index in [0.29, 0.717) is 0 Å². The van der Waals surface area contributed by atoms with E-state index >= 15 is 0 Å². The van der Waals surface area contributed by atoms with Crippen LogP contribution < -0.4 is 5.73 Å². The van der Waals surface area contributed by atoms with Gasteiger partial charge in [0.25, 0.3) is 0 Å². The lowest BCUT2D eigenvalue weighted by atomic mass is 10.1. The van der Waals surface area contributed by atoms with Crippen molar-refractivity contribution in [2.24, 2.45) is 5.73 Å². The summed E-state index contributed by atoms with van der Waals surface area (Å²) < 4.78 is 0. The van der Waals surface area contributed by atoms with E-state index < -0.39 is 0 Å². The highest BCUT2D eigenvalue weighted by atomic mass is 16.3. The second kappa shape index (κ2) is 3.46. The molecule has 1 rings (SSSR count). The minimum atomic E-state index is -0.303. The molecule has 0 bridgehead atoms. The Hall–Kier alpha value is -0.930. The van der Waals surface area contributed by atoms with Crippen LogP contribution in [0.1, 0.15) is 17.2 Å². The number of nitrogens with zero attached hydrogens (tertiary/aromatic N) is 1. The zero-order valence-corrected chi connectivity index (χ0v) is 6.49. The van der Waals surface area contributed by atoms with Crippen molar-refractivity contribution in [1.82, 2.24) is 4.98 Å². The molecule has 0 radical (unpaired) electrons. The van der Waals surface area contributed by atoms with Crippen molar-refractivity contribution in [3.63, 3.8) is 0 Å². The van der Waals surface area contributed by atoms with Gasteiger partial charge >= 0.3 is 0 Å². The molecule has 1 atom stereocenters. The number of aliphatic hydroxyl groups is 1. The lowest BCUT2D eigenvalue weighted by Crippen LogP contribution is -2.14. The van der Waals surface area contributed by atoms with Gasteiger partial charge in [0.1, 0.15) is 0 Å². The van der Waals surface area contributed by atoms with Crippen LogP contribution in [0.3, 0.4) is 0 Å². The highest BCUT2D eigenvalue weighted by molar-refractivity contribution is 5.19. The molecule has 3 N–H and O–H groups in total. The molecule has 0 fully saturated rings. The van der Waals surface area contributed by atoms with Gasteiger partial charge < -0.3 is 10.8 Å². The van der Waals surface area contributed by atoms with Gasteiger partial charge in [-0.05, 0) is 18.1 Å². The van der Waals surface area contributed by atoms with Crippen molar-refractivity contribution in [1.29, 1.82) is 0 Å². The quantitative estimate of drug-likeness (QED) is 0.644. The highest BCUT2D eigenvalue weighted by Crippen LogP contribution is 2.08. The first-order chi connectivity index (χ1) is 5.24. The molecule has 3 nitrogen and oxygen atoms in total. The van der Waals surface area contributed by atoms with E-state index in [2.05, 4.69) is 4.98 Å². The summed E-state index contributed by atoms with van der Waals surface area (Å²) in [5.74, 6) is 0. The van der Waals surface area contributed by atoms with Gasteiger partial charge in [0.15, 0.2) is 0 Å². The van der Waals surface area contributed by atoms with Gasteiger partial charge in [-0.1, -0.05) is 6.07 Å². The van der Waals surface area contributed by atoms with Crippen LogP contribution in [0, 0.1) is 6.92 Å². The van der Waals surface area contributed by atoms with E-state index in [0.717, 1.165) is 11.1 Å². The number of aryl methyl sites for hydroxylation is 1. The molecule has 0 spiro atoms. The van der Waals surface area contributed by atoms with Crippen LogP contribution in [-0.2, 0) is 0 Å². The predicted octanol–water partition coefficient (Wildman–Crippen LogP) is 0.382. The summed E-state index contributed by atoms with van der Waals surface area (Å²) in [7, 11) is 0. The average molecular weight is 152 g/mol. The number of pyridine rings is 1. The van der Waals surface area contributed by atoms with Crippen LogP contribution >= 0.6 is 0 Å². The van der Waals surface area contributed by atoms with Crippen molar-refractivity contribution in [3.05, 3.63) is 29.6 Å². The lowest BCUT2D eigenvalue weighted by molar-refractivity contribution is 0.268. The van der Waals surface area contributed by atoms with Crippen LogP contribution in [0.4, 0.5) is 0 Å². The molecule has 11 heavy (non-hydrogen) atoms. The molecule has 1 heterocycles. The number of aliphatic hydroxyl groups excluding tert-OH is 1. The number of aromatic nitrogens is 1. The standard InChI is InChI=1S/C8H12N2O/c1-6-2-7(4-10-3-6)8(9)5-11/h2-4,8,11H,5,9H2,1H3. The van der Waals surface area contributed by atoms with Crippen LogP contribution in [-0.4, -0.2) is 16.7 Å². The topological polar surface area (TPSA) is 59.1 Å². The summed E-state index contributed by atoms with van der Waals surface area (Å²) in [6, 6.07) is 1.62. The third-order valence-corrected chi connectivity index (χ3v) is 1.52. The molecular weight excluding hydrogens is 140 g/mol. The molecule has 0 aromatic carbocycles. The summed E-state index contributed by atoms with van der Waals surface area (Å²) in [5.41, 5.74) is 7.52. The molecule has 0 saturated heterocycles. The Labute approximate surface area is 65.9 Å². The first kappa shape index (κ1) is 8.17. The summed E-state index contributed by atoms with van der Waals surface area (Å²) in [6.07, 6.45) is 3.43. The second-order valence-electron chi connectivity index (χ2n) is 2.58. The maximum absolute atomic E-state index is 8.73. The van der Waals surface area contributed by atoms with Crippen molar-refractivity contribution < 1.29 is 5.11 Å². The summed E-state index contributed by atoms with van der Waals surface area (Å²) in [6.45, 7) is 1.91. The third kappa shape index (κ3) is 2.00. The number of nitrogens with two attached hydrogens (primary N) is 1. The van der Waals surface area contributed by atoms with Gasteiger partial charge in [-0.3, -0.25) is 4.98 Å². The molecule has 3 heteroatoms. The fourth-order valence-corrected chi connectivity index (χ4v) is 0.887. The summed E-state index contributed by atoms with van der Waals surface area (Å²) >= 11 is 0. The molecule has 1 aromatic rings. The molecule has 1 aromatic heterocycles. The Morgan fingerprint density at radius 2 is 2.36 bits per heavy atom. The number of rotatable bonds is 2. The fraction of sp³-hybridized carbons (Fsp3) is 0.375. The normalized spacial score (nSPS) is 13.0. The molecule has 0 aliphatic carbocycles. The largest absolute Gasteiger partial charge is 0.394 e. The smallest absolute Gasteiger partial charge is 0.0624 e. The molecule has 60 valence electrons. The van der Waals surface area contributed by atoms with E-state index in [1.807, 2.05) is 13.0 Å². The minimum Gasteiger partial charge on any atom is -0.394 e. The molecule has 0 aliphatic rings. The summed E-state index contributed by atoms with van der Waals surface area (Å²) in [5, 5.41) is 8.73. The average Bonchev–Trinajstić information content (AvgIpc) is 2.03. The summed E-state index contributed by atoms with van der Waals surface area (Å²) in [4.78, 5) is 3.96. The predicted molar refractivity (Wildman–Crippen MR) is 43.0 cm³/mol. The lowest BCUT2D eigenvalue weighted by Gasteiger charge is -2.07. The van der Waals surface area contributed by atoms with E-state index in [1.54, 1.807) is 12.4 Å². The molecule has 1 unspecified atom stereocenters. The van der Waals surface area contributed by atoms with Crippen LogP contribution in [0.2, 0.25) is 0 Å². The van der Waals surface area contributed by atoms with Gasteiger partial charge in [-0.25, -0.2) is 0 Å². The van der Waals surface area contributed by atoms with E-state index in [1.165, 1.54) is 0 Å². The van der Waals surface area contributed by atoms with Gasteiger partial charge in [0.2, 0.25) is 0 Å². The minimum absolute atomic E-state index is 0.0366. The van der Waals surface area contributed by atoms with Crippen molar-refractivity contribution in [2.75, 3.05) is 6.61 Å². The van der Waals surface area contributed by atoms with Crippen molar-refractivity contribution >= 4 is 0 Å². The molecule has 0 saturated carbocycles. The van der Waals surface area contributed by atoms with E-state index in [9.17, 15) is 0 Å². The van der Waals surface area contributed by atoms with Crippen LogP contribution in [0.15, 0.2) is 18.5 Å². The Balaban J connectivity index is 2.86. The van der Waals surface area contributed by atoms with Gasteiger partial charge in [0.05, 0.1) is 12.6 Å². The monoisotopic (exact) mass is 152 g/mol. The number of hydrogen-bond acceptors (Lipinski definition) is 3. The van der Waals surface area contributed by atoms with Gasteiger partial charge in [-0.2, -0.15) is 0 Å². The zero-order valence-electron chi connectivity index (χ0n) is 6.49. The number of hydrogen-bond donors (Lipinski definition) is 2. The first-order valence-corrected chi connectivity index (χ1v) is 3.52. The Morgan fingerprint density at radius 1 is 1.64 bits per heavy atom. The maximum Gasteiger partial charge on any atom is 0.0624 e. The van der Waals surface area contributed by atoms with E-state index in [-0.39, 0.29) is 12.6 Å². The highest BCUT2D eigenvalue weighted by Gasteiger charge is 2.03. The van der Waals surface area contributed by atoms with Crippen LogP contribution in [0.25, 0.3) is 0 Å². The second-order valence-corrected chi connectivity index (χ2v) is 2.58. The Kier molecular flexibility index (Phi) is 2.57. The van der Waals surface area contributed by atoms with Gasteiger partial charge in [-0.15, -0.1) is 0 Å². The maximum atomic E-state index is 8.73. The fourth-order valence-electron chi connectivity index (χ4n) is 0.887. The molecular formula is C8H12N2O. The van der Waals surface area contributed by atoms with E-state index in [4.69, 9.17) is 10.8 Å². The van der Waals surface area contributed by atoms with Crippen LogP contribution in [0.5, 0.6) is 0 Å². The SMILES string of the molecule is Cc1cncc(C(N)CO)c1. The molecule has 0 aliphatic heterocycles. The van der Waals surface area contributed by atoms with Crippen molar-refractivity contribution in [3.8, 4) is 0 Å². The Bertz CT molecular complexity index is 237. The van der Waals surface area contributed by atoms with Crippen molar-refractivity contribution in [2.45, 2.75) is 13.0 Å². The zero-order chi connectivity index (χ0) is 8.27. The Morgan fingerprint density at radius 3 is 2.91 bits per heavy atom. The van der Waals surface area contributed by atoms with Gasteiger partial charge in [0, 0.05) is 12.4 Å². The first-order valence-electron chi connectivity index (χ1n) is 3.52. The third-order valence-electron chi connectivity index (χ3n) is 1.52. The molecule has 0 amide bonds.